The fourth-order valence-electron chi connectivity index (χ4n) is 2.89. The lowest BCUT2D eigenvalue weighted by Gasteiger charge is -2.26. The number of esters is 1. The number of aryl methyl sites for hydroxylation is 1. The molecule has 0 aliphatic carbocycles. The minimum Gasteiger partial charge on any atom is -0.461 e. The Hall–Kier alpha value is -2.26. The molecular weight excluding hydrogens is 349 g/mol. The molecule has 0 N–H and O–H groups in total. The van der Waals surface area contributed by atoms with Gasteiger partial charge in [-0.25, -0.2) is 17.6 Å². The summed E-state index contributed by atoms with van der Waals surface area (Å²) in [6.07, 6.45) is 0.429. The van der Waals surface area contributed by atoms with Crippen molar-refractivity contribution in [3.05, 3.63) is 47.0 Å². The molecule has 1 aliphatic rings. The van der Waals surface area contributed by atoms with E-state index >= 15 is 0 Å². The maximum atomic E-state index is 13.1. The topological polar surface area (TPSA) is 81.5 Å². The highest BCUT2D eigenvalue weighted by atomic mass is 32.2. The molecule has 2 heterocycles. The van der Waals surface area contributed by atoms with Gasteiger partial charge < -0.3 is 4.74 Å². The van der Waals surface area contributed by atoms with Crippen molar-refractivity contribution < 1.29 is 22.3 Å². The minimum atomic E-state index is -3.79. The van der Waals surface area contributed by atoms with Crippen LogP contribution in [0.25, 0.3) is 0 Å². The van der Waals surface area contributed by atoms with Gasteiger partial charge >= 0.3 is 5.97 Å². The number of nitrogens with zero attached hydrogens (tertiary/aromatic N) is 3. The monoisotopic (exact) mass is 367 g/mol. The molecule has 0 bridgehead atoms. The molecular formula is C16H18FN3O4S. The summed E-state index contributed by atoms with van der Waals surface area (Å²) in [5.41, 5.74) is 1.50. The normalized spacial score (nSPS) is 15.0. The predicted octanol–water partition coefficient (Wildman–Crippen LogP) is 1.48. The van der Waals surface area contributed by atoms with Gasteiger partial charge in [-0.3, -0.25) is 4.68 Å². The summed E-state index contributed by atoms with van der Waals surface area (Å²) in [7, 11) is -2.08. The van der Waals surface area contributed by atoms with E-state index in [0.29, 0.717) is 12.0 Å². The van der Waals surface area contributed by atoms with Gasteiger partial charge in [0.25, 0.3) is 0 Å². The van der Waals surface area contributed by atoms with Crippen molar-refractivity contribution in [3.8, 4) is 0 Å². The molecule has 0 spiro atoms. The first-order valence-corrected chi connectivity index (χ1v) is 9.26. The Morgan fingerprint density at radius 1 is 1.32 bits per heavy atom. The van der Waals surface area contributed by atoms with Crippen LogP contribution in [0, 0.1) is 5.82 Å². The summed E-state index contributed by atoms with van der Waals surface area (Å²) in [6.45, 7) is 2.19. The third-order valence-corrected chi connectivity index (χ3v) is 5.99. The fraction of sp³-hybridized carbons (Fsp3) is 0.375. The standard InChI is InChI=1S/C16H18FN3O4S/c1-3-24-16(21)15-13-10-20(9-8-14(13)19(2)18-15)25(22,23)12-6-4-11(17)5-7-12/h4-7H,3,8-10H2,1-2H3. The van der Waals surface area contributed by atoms with Crippen LogP contribution >= 0.6 is 0 Å². The Morgan fingerprint density at radius 2 is 2.00 bits per heavy atom. The molecule has 0 saturated carbocycles. The molecule has 0 unspecified atom stereocenters. The number of carbonyl (C=O) groups excluding carboxylic acids is 1. The Bertz CT molecular complexity index is 906. The first kappa shape index (κ1) is 17.6. The summed E-state index contributed by atoms with van der Waals surface area (Å²) >= 11 is 0. The average molecular weight is 367 g/mol. The first-order valence-electron chi connectivity index (χ1n) is 7.82. The van der Waals surface area contributed by atoms with Gasteiger partial charge in [0.05, 0.1) is 11.5 Å². The lowest BCUT2D eigenvalue weighted by molar-refractivity contribution is 0.0516. The summed E-state index contributed by atoms with van der Waals surface area (Å²) in [4.78, 5) is 12.1. The van der Waals surface area contributed by atoms with Gasteiger partial charge in [0.1, 0.15) is 5.82 Å². The van der Waals surface area contributed by atoms with Crippen molar-refractivity contribution in [1.29, 1.82) is 0 Å². The highest BCUT2D eigenvalue weighted by Crippen LogP contribution is 2.27. The van der Waals surface area contributed by atoms with Crippen molar-refractivity contribution >= 4 is 16.0 Å². The van der Waals surface area contributed by atoms with Crippen LogP contribution in [-0.4, -0.2) is 41.6 Å². The van der Waals surface area contributed by atoms with Gasteiger partial charge in [0.15, 0.2) is 5.69 Å². The molecule has 25 heavy (non-hydrogen) atoms. The number of fused-ring (bicyclic) bond motifs is 1. The molecule has 0 radical (unpaired) electrons. The second-order valence-electron chi connectivity index (χ2n) is 5.66. The molecule has 1 aromatic carbocycles. The van der Waals surface area contributed by atoms with Gasteiger partial charge in [0, 0.05) is 37.8 Å². The summed E-state index contributed by atoms with van der Waals surface area (Å²) in [5.74, 6) is -1.07. The number of hydrogen-bond acceptors (Lipinski definition) is 5. The molecule has 0 amide bonds. The minimum absolute atomic E-state index is 0.0129. The number of halogens is 1. The average Bonchev–Trinajstić information content (AvgIpc) is 2.92. The molecule has 0 saturated heterocycles. The molecule has 0 fully saturated rings. The van der Waals surface area contributed by atoms with Crippen LogP contribution in [0.5, 0.6) is 0 Å². The zero-order valence-corrected chi connectivity index (χ0v) is 14.7. The van der Waals surface area contributed by atoms with Crippen LogP contribution in [0.3, 0.4) is 0 Å². The van der Waals surface area contributed by atoms with E-state index in [2.05, 4.69) is 5.10 Å². The first-order chi connectivity index (χ1) is 11.8. The largest absolute Gasteiger partial charge is 0.461 e. The van der Waals surface area contributed by atoms with Gasteiger partial charge in [-0.1, -0.05) is 0 Å². The highest BCUT2D eigenvalue weighted by molar-refractivity contribution is 7.89. The predicted molar refractivity (Wildman–Crippen MR) is 86.9 cm³/mol. The lowest BCUT2D eigenvalue weighted by Crippen LogP contribution is -2.36. The third kappa shape index (κ3) is 3.16. The van der Waals surface area contributed by atoms with Crippen LogP contribution in [0.2, 0.25) is 0 Å². The van der Waals surface area contributed by atoms with Crippen LogP contribution < -0.4 is 0 Å². The number of rotatable bonds is 4. The molecule has 1 aliphatic heterocycles. The zero-order valence-electron chi connectivity index (χ0n) is 13.9. The summed E-state index contributed by atoms with van der Waals surface area (Å²) in [6, 6.07) is 4.68. The van der Waals surface area contributed by atoms with E-state index in [4.69, 9.17) is 4.74 Å². The van der Waals surface area contributed by atoms with Crippen molar-refractivity contribution in [2.75, 3.05) is 13.2 Å². The molecule has 3 rings (SSSR count). The van der Waals surface area contributed by atoms with E-state index in [9.17, 15) is 17.6 Å². The lowest BCUT2D eigenvalue weighted by atomic mass is 10.1. The van der Waals surface area contributed by atoms with E-state index in [1.807, 2.05) is 0 Å². The molecule has 9 heteroatoms. The Morgan fingerprint density at radius 3 is 2.64 bits per heavy atom. The third-order valence-electron chi connectivity index (χ3n) is 4.13. The fourth-order valence-corrected chi connectivity index (χ4v) is 4.30. The van der Waals surface area contributed by atoms with Crippen molar-refractivity contribution in [2.45, 2.75) is 24.8 Å². The number of carbonyl (C=O) groups is 1. The number of sulfonamides is 1. The van der Waals surface area contributed by atoms with Crippen molar-refractivity contribution in [2.24, 2.45) is 7.05 Å². The number of aromatic nitrogens is 2. The van der Waals surface area contributed by atoms with Gasteiger partial charge in [-0.05, 0) is 31.2 Å². The van der Waals surface area contributed by atoms with E-state index in [1.54, 1.807) is 18.7 Å². The summed E-state index contributed by atoms with van der Waals surface area (Å²) in [5, 5.41) is 4.18. The maximum Gasteiger partial charge on any atom is 0.359 e. The molecule has 0 atom stereocenters. The van der Waals surface area contributed by atoms with Gasteiger partial charge in [-0.2, -0.15) is 9.40 Å². The van der Waals surface area contributed by atoms with Gasteiger partial charge in [-0.15, -0.1) is 0 Å². The smallest absolute Gasteiger partial charge is 0.359 e. The number of ether oxygens (including phenoxy) is 1. The molecule has 134 valence electrons. The SMILES string of the molecule is CCOC(=O)c1nn(C)c2c1CN(S(=O)(=O)c1ccc(F)cc1)CC2. The Labute approximate surface area is 145 Å². The second kappa shape index (κ2) is 6.57. The second-order valence-corrected chi connectivity index (χ2v) is 7.60. The highest BCUT2D eigenvalue weighted by Gasteiger charge is 2.33. The number of benzene rings is 1. The zero-order chi connectivity index (χ0) is 18.2. The molecule has 7 nitrogen and oxygen atoms in total. The maximum absolute atomic E-state index is 13.1. The van der Waals surface area contributed by atoms with Crippen LogP contribution in [0.1, 0.15) is 28.7 Å². The van der Waals surface area contributed by atoms with Crippen LogP contribution in [-0.2, 0) is 34.8 Å². The van der Waals surface area contributed by atoms with Crippen molar-refractivity contribution in [3.63, 3.8) is 0 Å². The molecule has 1 aromatic heterocycles. The van der Waals surface area contributed by atoms with E-state index in [1.165, 1.54) is 16.4 Å². The quantitative estimate of drug-likeness (QED) is 0.765. The van der Waals surface area contributed by atoms with Crippen molar-refractivity contribution in [1.82, 2.24) is 14.1 Å². The molecule has 2 aromatic rings. The van der Waals surface area contributed by atoms with E-state index in [-0.39, 0.29) is 30.3 Å². The van der Waals surface area contributed by atoms with Gasteiger partial charge in [0.2, 0.25) is 10.0 Å². The van der Waals surface area contributed by atoms with Crippen LogP contribution in [0.15, 0.2) is 29.2 Å². The summed E-state index contributed by atoms with van der Waals surface area (Å²) < 4.78 is 46.5. The number of hydrogen-bond donors (Lipinski definition) is 0. The Kier molecular flexibility index (Phi) is 4.61. The van der Waals surface area contributed by atoms with E-state index in [0.717, 1.165) is 17.8 Å². The Balaban J connectivity index is 1.95. The van der Waals surface area contributed by atoms with E-state index < -0.39 is 21.8 Å². The van der Waals surface area contributed by atoms with Crippen LogP contribution in [0.4, 0.5) is 4.39 Å².